The summed E-state index contributed by atoms with van der Waals surface area (Å²) in [7, 11) is -3.45. The van der Waals surface area contributed by atoms with Gasteiger partial charge in [0, 0.05) is 24.0 Å². The van der Waals surface area contributed by atoms with Crippen LogP contribution in [0.5, 0.6) is 0 Å². The maximum absolute atomic E-state index is 12.1. The molecule has 1 aromatic heterocycles. The quantitative estimate of drug-likeness (QED) is 0.857. The minimum atomic E-state index is -3.45. The third-order valence-corrected chi connectivity index (χ3v) is 4.28. The van der Waals surface area contributed by atoms with E-state index < -0.39 is 16.1 Å². The van der Waals surface area contributed by atoms with Crippen LogP contribution in [0.4, 0.5) is 5.69 Å². The van der Waals surface area contributed by atoms with Crippen LogP contribution in [0.1, 0.15) is 24.3 Å². The number of hydrogen-bond donors (Lipinski definition) is 2. The Morgan fingerprint density at radius 2 is 2.05 bits per heavy atom. The molecule has 112 valence electrons. The molecule has 1 atom stereocenters. The number of aromatic nitrogens is 1. The number of sulfonamides is 1. The van der Waals surface area contributed by atoms with Crippen molar-refractivity contribution in [3.05, 3.63) is 59.9 Å². The molecule has 1 aromatic carbocycles. The highest BCUT2D eigenvalue weighted by molar-refractivity contribution is 7.92. The average molecular weight is 306 g/mol. The molecule has 0 saturated heterocycles. The Bertz CT molecular complexity index is 685. The van der Waals surface area contributed by atoms with Gasteiger partial charge in [-0.15, -0.1) is 0 Å². The van der Waals surface area contributed by atoms with Gasteiger partial charge in [-0.25, -0.2) is 8.42 Å². The zero-order valence-electron chi connectivity index (χ0n) is 11.7. The van der Waals surface area contributed by atoms with E-state index in [1.165, 1.54) is 0 Å². The van der Waals surface area contributed by atoms with E-state index in [1.54, 1.807) is 49.5 Å². The SMILES string of the molecule is CC(O)c1cccc(NS(=O)(=O)CCc2ccccn2)c1. The van der Waals surface area contributed by atoms with E-state index >= 15 is 0 Å². The molecule has 0 radical (unpaired) electrons. The van der Waals surface area contributed by atoms with Gasteiger partial charge in [-0.05, 0) is 36.8 Å². The van der Waals surface area contributed by atoms with Gasteiger partial charge < -0.3 is 5.11 Å². The number of nitrogens with zero attached hydrogens (tertiary/aromatic N) is 1. The smallest absolute Gasteiger partial charge is 0.233 e. The second kappa shape index (κ2) is 6.69. The minimum Gasteiger partial charge on any atom is -0.389 e. The van der Waals surface area contributed by atoms with Gasteiger partial charge >= 0.3 is 0 Å². The summed E-state index contributed by atoms with van der Waals surface area (Å²) in [6.07, 6.45) is 1.36. The third-order valence-electron chi connectivity index (χ3n) is 3.00. The second-order valence-corrected chi connectivity index (χ2v) is 6.64. The summed E-state index contributed by atoms with van der Waals surface area (Å²) >= 11 is 0. The summed E-state index contributed by atoms with van der Waals surface area (Å²) in [5, 5.41) is 9.51. The van der Waals surface area contributed by atoms with Crippen molar-refractivity contribution in [1.82, 2.24) is 4.98 Å². The van der Waals surface area contributed by atoms with Crippen molar-refractivity contribution in [2.75, 3.05) is 10.5 Å². The molecule has 0 aliphatic heterocycles. The molecule has 0 spiro atoms. The van der Waals surface area contributed by atoms with Crippen LogP contribution in [0.25, 0.3) is 0 Å². The Kier molecular flexibility index (Phi) is 4.93. The van der Waals surface area contributed by atoms with Crippen LogP contribution in [0, 0.1) is 0 Å². The standard InChI is InChI=1S/C15H18N2O3S/c1-12(18)13-5-4-7-15(11-13)17-21(19,20)10-8-14-6-2-3-9-16-14/h2-7,9,11-12,17-18H,8,10H2,1H3. The second-order valence-electron chi connectivity index (χ2n) is 4.79. The summed E-state index contributed by atoms with van der Waals surface area (Å²) in [5.74, 6) is -0.0388. The monoisotopic (exact) mass is 306 g/mol. The van der Waals surface area contributed by atoms with Gasteiger partial charge in [0.05, 0.1) is 11.9 Å². The van der Waals surface area contributed by atoms with Crippen molar-refractivity contribution in [3.8, 4) is 0 Å². The van der Waals surface area contributed by atoms with Gasteiger partial charge in [-0.2, -0.15) is 0 Å². The minimum absolute atomic E-state index is 0.0388. The Labute approximate surface area is 124 Å². The molecule has 2 N–H and O–H groups in total. The van der Waals surface area contributed by atoms with Crippen LogP contribution in [0.2, 0.25) is 0 Å². The molecule has 0 fully saturated rings. The fourth-order valence-corrected chi connectivity index (χ4v) is 2.94. The lowest BCUT2D eigenvalue weighted by molar-refractivity contribution is 0.199. The highest BCUT2D eigenvalue weighted by atomic mass is 32.2. The lowest BCUT2D eigenvalue weighted by atomic mass is 10.1. The molecule has 2 rings (SSSR count). The number of rotatable bonds is 6. The van der Waals surface area contributed by atoms with Gasteiger partial charge in [0.2, 0.25) is 10.0 Å². The van der Waals surface area contributed by atoms with Gasteiger partial charge in [-0.1, -0.05) is 18.2 Å². The number of aryl methyl sites for hydroxylation is 1. The number of aliphatic hydroxyl groups excluding tert-OH is 1. The highest BCUT2D eigenvalue weighted by Gasteiger charge is 2.12. The highest BCUT2D eigenvalue weighted by Crippen LogP contribution is 2.18. The summed E-state index contributed by atoms with van der Waals surface area (Å²) < 4.78 is 26.6. The zero-order valence-corrected chi connectivity index (χ0v) is 12.5. The molecule has 0 aliphatic carbocycles. The predicted molar refractivity (Wildman–Crippen MR) is 82.4 cm³/mol. The first kappa shape index (κ1) is 15.5. The van der Waals surface area contributed by atoms with Crippen molar-refractivity contribution in [1.29, 1.82) is 0 Å². The molecular formula is C15H18N2O3S. The fraction of sp³-hybridized carbons (Fsp3) is 0.267. The first-order valence-corrected chi connectivity index (χ1v) is 8.30. The average Bonchev–Trinajstić information content (AvgIpc) is 2.46. The van der Waals surface area contributed by atoms with Crippen molar-refractivity contribution < 1.29 is 13.5 Å². The molecule has 5 nitrogen and oxygen atoms in total. The van der Waals surface area contributed by atoms with Gasteiger partial charge in [0.25, 0.3) is 0 Å². The van der Waals surface area contributed by atoms with E-state index in [1.807, 2.05) is 6.07 Å². The summed E-state index contributed by atoms with van der Waals surface area (Å²) in [6.45, 7) is 1.63. The van der Waals surface area contributed by atoms with Crippen LogP contribution in [-0.2, 0) is 16.4 Å². The van der Waals surface area contributed by atoms with Gasteiger partial charge in [0.15, 0.2) is 0 Å². The van der Waals surface area contributed by atoms with E-state index in [0.717, 1.165) is 5.69 Å². The Morgan fingerprint density at radius 3 is 2.71 bits per heavy atom. The van der Waals surface area contributed by atoms with E-state index in [0.29, 0.717) is 17.7 Å². The summed E-state index contributed by atoms with van der Waals surface area (Å²) in [4.78, 5) is 4.10. The molecule has 1 unspecified atom stereocenters. The number of aliphatic hydroxyl groups is 1. The van der Waals surface area contributed by atoms with Gasteiger partial charge in [-0.3, -0.25) is 9.71 Å². The molecule has 0 amide bonds. The first-order valence-electron chi connectivity index (χ1n) is 6.65. The maximum Gasteiger partial charge on any atom is 0.233 e. The molecule has 2 aromatic rings. The molecule has 0 bridgehead atoms. The van der Waals surface area contributed by atoms with E-state index in [2.05, 4.69) is 9.71 Å². The van der Waals surface area contributed by atoms with Crippen molar-refractivity contribution in [2.45, 2.75) is 19.4 Å². The van der Waals surface area contributed by atoms with Crippen LogP contribution in [0.15, 0.2) is 48.7 Å². The van der Waals surface area contributed by atoms with E-state index in [9.17, 15) is 13.5 Å². The van der Waals surface area contributed by atoms with Crippen molar-refractivity contribution in [3.63, 3.8) is 0 Å². The largest absolute Gasteiger partial charge is 0.389 e. The maximum atomic E-state index is 12.1. The number of benzene rings is 1. The molecule has 6 heteroatoms. The first-order chi connectivity index (χ1) is 9.96. The lowest BCUT2D eigenvalue weighted by Crippen LogP contribution is -2.18. The molecule has 1 heterocycles. The predicted octanol–water partition coefficient (Wildman–Crippen LogP) is 2.12. The Balaban J connectivity index is 2.02. The fourth-order valence-electron chi connectivity index (χ4n) is 1.88. The van der Waals surface area contributed by atoms with Crippen molar-refractivity contribution >= 4 is 15.7 Å². The van der Waals surface area contributed by atoms with Crippen LogP contribution in [0.3, 0.4) is 0 Å². The van der Waals surface area contributed by atoms with Crippen LogP contribution >= 0.6 is 0 Å². The number of anilines is 1. The van der Waals surface area contributed by atoms with E-state index in [-0.39, 0.29) is 5.75 Å². The van der Waals surface area contributed by atoms with E-state index in [4.69, 9.17) is 0 Å². The number of pyridine rings is 1. The molecule has 0 aliphatic rings. The Hall–Kier alpha value is -1.92. The summed E-state index contributed by atoms with van der Waals surface area (Å²) in [6, 6.07) is 12.2. The lowest BCUT2D eigenvalue weighted by Gasteiger charge is -2.10. The molecule has 21 heavy (non-hydrogen) atoms. The van der Waals surface area contributed by atoms with Crippen LogP contribution < -0.4 is 4.72 Å². The molecular weight excluding hydrogens is 288 g/mol. The zero-order chi connectivity index (χ0) is 15.3. The number of hydrogen-bond acceptors (Lipinski definition) is 4. The Morgan fingerprint density at radius 1 is 1.24 bits per heavy atom. The normalized spacial score (nSPS) is 12.9. The topological polar surface area (TPSA) is 79.3 Å². The molecule has 0 saturated carbocycles. The third kappa shape index (κ3) is 4.84. The number of nitrogens with one attached hydrogen (secondary N) is 1. The summed E-state index contributed by atoms with van der Waals surface area (Å²) in [5.41, 5.74) is 1.86. The van der Waals surface area contributed by atoms with Gasteiger partial charge in [0.1, 0.15) is 0 Å². The van der Waals surface area contributed by atoms with Crippen molar-refractivity contribution in [2.24, 2.45) is 0 Å². The van der Waals surface area contributed by atoms with Crippen LogP contribution in [-0.4, -0.2) is 24.3 Å².